The summed E-state index contributed by atoms with van der Waals surface area (Å²) in [6, 6.07) is 11.1. The van der Waals surface area contributed by atoms with Gasteiger partial charge in [-0.05, 0) is 56.9 Å². The topological polar surface area (TPSA) is 47.3 Å². The van der Waals surface area contributed by atoms with Crippen LogP contribution in [-0.2, 0) is 11.2 Å². The van der Waals surface area contributed by atoms with Gasteiger partial charge in [-0.1, -0.05) is 30.3 Å². The third-order valence-electron chi connectivity index (χ3n) is 4.20. The Hall–Kier alpha value is -0.900. The summed E-state index contributed by atoms with van der Waals surface area (Å²) < 4.78 is 5.66. The zero-order valence-electron chi connectivity index (χ0n) is 12.4. The van der Waals surface area contributed by atoms with Gasteiger partial charge in [-0.3, -0.25) is 11.3 Å². The highest BCUT2D eigenvalue weighted by Crippen LogP contribution is 2.19. The fourth-order valence-corrected chi connectivity index (χ4v) is 2.97. The quantitative estimate of drug-likeness (QED) is 0.538. The van der Waals surface area contributed by atoms with Crippen LogP contribution in [0, 0.1) is 0 Å². The van der Waals surface area contributed by atoms with Crippen LogP contribution in [0.4, 0.5) is 0 Å². The van der Waals surface area contributed by atoms with E-state index in [1.54, 1.807) is 0 Å². The fraction of sp³-hybridized carbons (Fsp3) is 0.647. The molecule has 2 rings (SSSR count). The average Bonchev–Trinajstić information content (AvgIpc) is 3.00. The van der Waals surface area contributed by atoms with Gasteiger partial charge in [0.15, 0.2) is 0 Å². The molecule has 1 saturated heterocycles. The minimum Gasteiger partial charge on any atom is -0.378 e. The highest BCUT2D eigenvalue weighted by molar-refractivity contribution is 5.14. The molecule has 1 fully saturated rings. The van der Waals surface area contributed by atoms with Crippen molar-refractivity contribution < 1.29 is 4.74 Å². The molecular formula is C17H28N2O. The van der Waals surface area contributed by atoms with Crippen molar-refractivity contribution in [1.82, 2.24) is 5.43 Å². The summed E-state index contributed by atoms with van der Waals surface area (Å²) in [5.41, 5.74) is 4.39. The molecule has 1 aliphatic heterocycles. The van der Waals surface area contributed by atoms with Crippen LogP contribution in [0.1, 0.15) is 50.5 Å². The van der Waals surface area contributed by atoms with E-state index < -0.39 is 0 Å². The minimum absolute atomic E-state index is 0.445. The molecule has 1 aliphatic rings. The van der Waals surface area contributed by atoms with Crippen LogP contribution in [0.3, 0.4) is 0 Å². The second-order valence-electron chi connectivity index (χ2n) is 5.81. The Labute approximate surface area is 122 Å². The van der Waals surface area contributed by atoms with Crippen molar-refractivity contribution in [3.63, 3.8) is 0 Å². The van der Waals surface area contributed by atoms with Crippen LogP contribution in [0.25, 0.3) is 0 Å². The smallest absolute Gasteiger partial charge is 0.0576 e. The maximum atomic E-state index is 5.67. The number of hydrogen-bond donors (Lipinski definition) is 2. The van der Waals surface area contributed by atoms with Crippen LogP contribution < -0.4 is 11.3 Å². The van der Waals surface area contributed by atoms with Crippen molar-refractivity contribution >= 4 is 0 Å². The van der Waals surface area contributed by atoms with Crippen LogP contribution in [0.5, 0.6) is 0 Å². The van der Waals surface area contributed by atoms with Gasteiger partial charge in [-0.25, -0.2) is 0 Å². The molecular weight excluding hydrogens is 248 g/mol. The molecule has 2 atom stereocenters. The first kappa shape index (κ1) is 15.5. The van der Waals surface area contributed by atoms with E-state index in [1.807, 2.05) is 0 Å². The molecule has 112 valence electrons. The second-order valence-corrected chi connectivity index (χ2v) is 5.81. The number of nitrogens with one attached hydrogen (secondary N) is 1. The molecule has 0 aliphatic carbocycles. The van der Waals surface area contributed by atoms with Gasteiger partial charge in [-0.15, -0.1) is 0 Å². The fourth-order valence-electron chi connectivity index (χ4n) is 2.97. The Morgan fingerprint density at radius 1 is 1.20 bits per heavy atom. The third kappa shape index (κ3) is 5.61. The van der Waals surface area contributed by atoms with Gasteiger partial charge in [-0.2, -0.15) is 0 Å². The SMILES string of the molecule is NNC(CCCc1ccccc1)CCCC1CCCO1. The summed E-state index contributed by atoms with van der Waals surface area (Å²) in [6.07, 6.45) is 10.0. The lowest BCUT2D eigenvalue weighted by molar-refractivity contribution is 0.101. The van der Waals surface area contributed by atoms with Gasteiger partial charge in [0, 0.05) is 12.6 Å². The molecule has 0 saturated carbocycles. The predicted molar refractivity (Wildman–Crippen MR) is 83.3 cm³/mol. The van der Waals surface area contributed by atoms with Crippen molar-refractivity contribution in [2.24, 2.45) is 5.84 Å². The number of hydrogen-bond acceptors (Lipinski definition) is 3. The summed E-state index contributed by atoms with van der Waals surface area (Å²) in [6.45, 7) is 0.959. The predicted octanol–water partition coefficient (Wildman–Crippen LogP) is 3.19. The Bertz CT molecular complexity index is 349. The molecule has 3 nitrogen and oxygen atoms in total. The van der Waals surface area contributed by atoms with E-state index in [0.29, 0.717) is 12.1 Å². The molecule has 20 heavy (non-hydrogen) atoms. The highest BCUT2D eigenvalue weighted by atomic mass is 16.5. The molecule has 0 aromatic heterocycles. The maximum absolute atomic E-state index is 5.67. The van der Waals surface area contributed by atoms with Crippen molar-refractivity contribution in [1.29, 1.82) is 0 Å². The molecule has 1 heterocycles. The molecule has 0 spiro atoms. The van der Waals surface area contributed by atoms with Crippen LogP contribution in [-0.4, -0.2) is 18.8 Å². The first-order valence-electron chi connectivity index (χ1n) is 8.00. The van der Waals surface area contributed by atoms with Crippen molar-refractivity contribution in [2.75, 3.05) is 6.61 Å². The number of aryl methyl sites for hydroxylation is 1. The summed E-state index contributed by atoms with van der Waals surface area (Å²) in [5.74, 6) is 5.67. The van der Waals surface area contributed by atoms with E-state index in [4.69, 9.17) is 10.6 Å². The Kier molecular flexibility index (Phi) is 7.06. The second kappa shape index (κ2) is 9.11. The first-order valence-corrected chi connectivity index (χ1v) is 8.00. The first-order chi connectivity index (χ1) is 9.88. The summed E-state index contributed by atoms with van der Waals surface area (Å²) in [5, 5.41) is 0. The summed E-state index contributed by atoms with van der Waals surface area (Å²) in [4.78, 5) is 0. The zero-order chi connectivity index (χ0) is 14.0. The normalized spacial score (nSPS) is 20.1. The summed E-state index contributed by atoms with van der Waals surface area (Å²) in [7, 11) is 0. The van der Waals surface area contributed by atoms with Crippen molar-refractivity contribution in [3.05, 3.63) is 35.9 Å². The minimum atomic E-state index is 0.445. The molecule has 0 radical (unpaired) electrons. The van der Waals surface area contributed by atoms with Gasteiger partial charge in [0.1, 0.15) is 0 Å². The van der Waals surface area contributed by atoms with E-state index in [2.05, 4.69) is 35.8 Å². The Morgan fingerprint density at radius 3 is 2.70 bits per heavy atom. The molecule has 0 amide bonds. The van der Waals surface area contributed by atoms with Crippen LogP contribution in [0.2, 0.25) is 0 Å². The van der Waals surface area contributed by atoms with E-state index in [0.717, 1.165) is 25.9 Å². The molecule has 1 aromatic carbocycles. The lowest BCUT2D eigenvalue weighted by atomic mass is 10.00. The number of ether oxygens (including phenoxy) is 1. The zero-order valence-corrected chi connectivity index (χ0v) is 12.4. The lowest BCUT2D eigenvalue weighted by Crippen LogP contribution is -2.35. The van der Waals surface area contributed by atoms with Crippen LogP contribution in [0.15, 0.2) is 30.3 Å². The molecule has 0 bridgehead atoms. The van der Waals surface area contributed by atoms with E-state index in [-0.39, 0.29) is 0 Å². The molecule has 2 unspecified atom stereocenters. The highest BCUT2D eigenvalue weighted by Gasteiger charge is 2.15. The van der Waals surface area contributed by atoms with Crippen molar-refractivity contribution in [2.45, 2.75) is 63.5 Å². The Morgan fingerprint density at radius 2 is 2.00 bits per heavy atom. The number of rotatable bonds is 9. The van der Waals surface area contributed by atoms with Gasteiger partial charge < -0.3 is 4.74 Å². The van der Waals surface area contributed by atoms with Gasteiger partial charge in [0.2, 0.25) is 0 Å². The molecule has 3 heteroatoms. The van der Waals surface area contributed by atoms with Gasteiger partial charge in [0.05, 0.1) is 6.10 Å². The summed E-state index contributed by atoms with van der Waals surface area (Å²) >= 11 is 0. The van der Waals surface area contributed by atoms with E-state index in [9.17, 15) is 0 Å². The number of hydrazine groups is 1. The van der Waals surface area contributed by atoms with E-state index >= 15 is 0 Å². The van der Waals surface area contributed by atoms with Gasteiger partial charge in [0.25, 0.3) is 0 Å². The van der Waals surface area contributed by atoms with Crippen molar-refractivity contribution in [3.8, 4) is 0 Å². The molecule has 1 aromatic rings. The number of nitrogens with two attached hydrogens (primary N) is 1. The standard InChI is InChI=1S/C17H28N2O/c18-19-16(11-5-12-17-13-6-14-20-17)10-4-9-15-7-2-1-3-8-15/h1-3,7-8,16-17,19H,4-6,9-14,18H2. The number of benzene rings is 1. The maximum Gasteiger partial charge on any atom is 0.0576 e. The molecule has 3 N–H and O–H groups in total. The Balaban J connectivity index is 1.57. The average molecular weight is 276 g/mol. The van der Waals surface area contributed by atoms with Gasteiger partial charge >= 0.3 is 0 Å². The lowest BCUT2D eigenvalue weighted by Gasteiger charge is -2.17. The monoisotopic (exact) mass is 276 g/mol. The van der Waals surface area contributed by atoms with E-state index in [1.165, 1.54) is 37.7 Å². The largest absolute Gasteiger partial charge is 0.378 e. The third-order valence-corrected chi connectivity index (χ3v) is 4.20. The van der Waals surface area contributed by atoms with Crippen LogP contribution >= 0.6 is 0 Å².